The molecular weight excluding hydrogens is 312 g/mol. The minimum atomic E-state index is -0.557. The van der Waals surface area contributed by atoms with E-state index in [2.05, 4.69) is 26.2 Å². The second-order valence-corrected chi connectivity index (χ2v) is 5.91. The van der Waals surface area contributed by atoms with Gasteiger partial charge in [-0.3, -0.25) is 0 Å². The minimum Gasteiger partial charge on any atom is -0.444 e. The Labute approximate surface area is 121 Å². The summed E-state index contributed by atoms with van der Waals surface area (Å²) in [6.45, 7) is 5.34. The topological polar surface area (TPSA) is 71.5 Å². The second kappa shape index (κ2) is 6.86. The average Bonchev–Trinajstić information content (AvgIpc) is 2.26. The van der Waals surface area contributed by atoms with E-state index in [1.165, 1.54) is 0 Å². The number of hydrogen-bond acceptors (Lipinski definition) is 4. The molecule has 1 aromatic rings. The van der Waals surface area contributed by atoms with Gasteiger partial charge in [-0.1, -0.05) is 6.07 Å². The number of pyridine rings is 1. The second-order valence-electron chi connectivity index (χ2n) is 5.10. The summed E-state index contributed by atoms with van der Waals surface area (Å²) >= 11 is 3.28. The van der Waals surface area contributed by atoms with E-state index in [1.54, 1.807) is 32.9 Å². The third kappa shape index (κ3) is 6.02. The van der Waals surface area contributed by atoms with Gasteiger partial charge in [0.1, 0.15) is 10.2 Å². The van der Waals surface area contributed by atoms with Crippen molar-refractivity contribution in [3.8, 4) is 0 Å². The van der Waals surface area contributed by atoms with Crippen LogP contribution in [0.15, 0.2) is 22.8 Å². The zero-order valence-corrected chi connectivity index (χ0v) is 12.9. The van der Waals surface area contributed by atoms with Crippen LogP contribution >= 0.6 is 15.9 Å². The highest BCUT2D eigenvalue weighted by Gasteiger charge is 2.21. The molecule has 0 aliphatic carbocycles. The molecule has 1 rings (SSSR count). The van der Waals surface area contributed by atoms with Crippen molar-refractivity contribution in [2.75, 3.05) is 6.61 Å². The first-order valence-electron chi connectivity index (χ1n) is 6.04. The van der Waals surface area contributed by atoms with Gasteiger partial charge in [-0.25, -0.2) is 9.78 Å². The molecule has 6 heteroatoms. The summed E-state index contributed by atoms with van der Waals surface area (Å²) in [5.41, 5.74) is 0.118. The molecule has 0 aliphatic heterocycles. The number of carbonyl (C=O) groups excluding carboxylic acids is 1. The molecule has 1 amide bonds. The number of alkyl carbamates (subject to hydrolysis) is 1. The van der Waals surface area contributed by atoms with Gasteiger partial charge in [0.2, 0.25) is 0 Å². The Kier molecular flexibility index (Phi) is 5.75. The van der Waals surface area contributed by atoms with Gasteiger partial charge in [-0.15, -0.1) is 0 Å². The lowest BCUT2D eigenvalue weighted by Crippen LogP contribution is -2.35. The first kappa shape index (κ1) is 15.9. The van der Waals surface area contributed by atoms with Crippen LogP contribution in [0.5, 0.6) is 0 Å². The van der Waals surface area contributed by atoms with E-state index in [0.29, 0.717) is 16.7 Å². The highest BCUT2D eigenvalue weighted by Crippen LogP contribution is 2.18. The molecule has 0 aromatic carbocycles. The maximum absolute atomic E-state index is 11.7. The van der Waals surface area contributed by atoms with Crippen LogP contribution < -0.4 is 5.32 Å². The Morgan fingerprint density at radius 1 is 1.53 bits per heavy atom. The van der Waals surface area contributed by atoms with Crippen LogP contribution in [0.2, 0.25) is 0 Å². The van der Waals surface area contributed by atoms with E-state index < -0.39 is 11.7 Å². The molecule has 1 atom stereocenters. The molecular formula is C13H19BrN2O3. The number of amides is 1. The number of aliphatic hydroxyl groups is 1. The van der Waals surface area contributed by atoms with Crippen molar-refractivity contribution in [2.45, 2.75) is 38.8 Å². The van der Waals surface area contributed by atoms with Crippen LogP contribution in [0.1, 0.15) is 38.9 Å². The summed E-state index contributed by atoms with van der Waals surface area (Å²) in [4.78, 5) is 16.0. The third-order valence-corrected chi connectivity index (χ3v) is 2.64. The highest BCUT2D eigenvalue weighted by molar-refractivity contribution is 9.10. The van der Waals surface area contributed by atoms with E-state index in [4.69, 9.17) is 9.84 Å². The Balaban J connectivity index is 2.76. The fraction of sp³-hybridized carbons (Fsp3) is 0.538. The van der Waals surface area contributed by atoms with E-state index in [-0.39, 0.29) is 12.6 Å². The van der Waals surface area contributed by atoms with Crippen molar-refractivity contribution in [1.82, 2.24) is 10.3 Å². The largest absolute Gasteiger partial charge is 0.444 e. The van der Waals surface area contributed by atoms with Crippen molar-refractivity contribution < 1.29 is 14.6 Å². The van der Waals surface area contributed by atoms with Gasteiger partial charge in [0.15, 0.2) is 0 Å². The smallest absolute Gasteiger partial charge is 0.408 e. The SMILES string of the molecule is CC(C)(C)OC(=O)N[C@@H](CCO)c1cccc(Br)n1. The van der Waals surface area contributed by atoms with E-state index >= 15 is 0 Å². The van der Waals surface area contributed by atoms with Crippen molar-refractivity contribution in [2.24, 2.45) is 0 Å². The fourth-order valence-electron chi connectivity index (χ4n) is 1.49. The number of rotatable bonds is 4. The quantitative estimate of drug-likeness (QED) is 0.832. The lowest BCUT2D eigenvalue weighted by atomic mass is 10.1. The first-order valence-corrected chi connectivity index (χ1v) is 6.84. The predicted octanol–water partition coefficient (Wildman–Crippen LogP) is 2.79. The predicted molar refractivity (Wildman–Crippen MR) is 75.8 cm³/mol. The van der Waals surface area contributed by atoms with Gasteiger partial charge < -0.3 is 15.2 Å². The van der Waals surface area contributed by atoms with Crippen LogP contribution in [0.3, 0.4) is 0 Å². The van der Waals surface area contributed by atoms with Gasteiger partial charge in [-0.2, -0.15) is 0 Å². The molecule has 106 valence electrons. The highest BCUT2D eigenvalue weighted by atomic mass is 79.9. The maximum atomic E-state index is 11.7. The van der Waals surface area contributed by atoms with Gasteiger partial charge in [-0.05, 0) is 55.3 Å². The molecule has 0 aliphatic rings. The molecule has 1 heterocycles. The molecule has 0 radical (unpaired) electrons. The normalized spacial score (nSPS) is 12.9. The summed E-state index contributed by atoms with van der Waals surface area (Å²) in [5.74, 6) is 0. The molecule has 0 saturated heterocycles. The van der Waals surface area contributed by atoms with Gasteiger partial charge in [0.05, 0.1) is 11.7 Å². The monoisotopic (exact) mass is 330 g/mol. The van der Waals surface area contributed by atoms with Gasteiger partial charge >= 0.3 is 6.09 Å². The molecule has 2 N–H and O–H groups in total. The number of ether oxygens (including phenoxy) is 1. The zero-order valence-electron chi connectivity index (χ0n) is 11.3. The molecule has 5 nitrogen and oxygen atoms in total. The average molecular weight is 331 g/mol. The summed E-state index contributed by atoms with van der Waals surface area (Å²) in [6, 6.07) is 5.04. The Morgan fingerprint density at radius 3 is 2.74 bits per heavy atom. The van der Waals surface area contributed by atoms with Crippen LogP contribution in [-0.4, -0.2) is 28.4 Å². The molecule has 0 saturated carbocycles. The number of nitrogens with one attached hydrogen (secondary N) is 1. The minimum absolute atomic E-state index is 0.0470. The molecule has 1 aromatic heterocycles. The van der Waals surface area contributed by atoms with Crippen molar-refractivity contribution in [3.63, 3.8) is 0 Å². The standard InChI is InChI=1S/C13H19BrN2O3/c1-13(2,3)19-12(18)16-10(7-8-17)9-5-4-6-11(14)15-9/h4-6,10,17H,7-8H2,1-3H3,(H,16,18)/t10-/m0/s1. The van der Waals surface area contributed by atoms with Crippen LogP contribution in [0.25, 0.3) is 0 Å². The number of nitrogens with zero attached hydrogens (tertiary/aromatic N) is 1. The molecule has 0 fully saturated rings. The van der Waals surface area contributed by atoms with E-state index in [1.807, 2.05) is 6.07 Å². The summed E-state index contributed by atoms with van der Waals surface area (Å²) in [5, 5.41) is 11.8. The molecule has 19 heavy (non-hydrogen) atoms. The molecule has 0 spiro atoms. The van der Waals surface area contributed by atoms with Crippen LogP contribution in [0, 0.1) is 0 Å². The maximum Gasteiger partial charge on any atom is 0.408 e. The van der Waals surface area contributed by atoms with Crippen LogP contribution in [-0.2, 0) is 4.74 Å². The van der Waals surface area contributed by atoms with Gasteiger partial charge in [0, 0.05) is 6.61 Å². The van der Waals surface area contributed by atoms with Crippen molar-refractivity contribution >= 4 is 22.0 Å². The number of halogens is 1. The molecule has 0 unspecified atom stereocenters. The first-order chi connectivity index (χ1) is 8.81. The Hall–Kier alpha value is -1.14. The van der Waals surface area contributed by atoms with Crippen molar-refractivity contribution in [3.05, 3.63) is 28.5 Å². The third-order valence-electron chi connectivity index (χ3n) is 2.20. The number of hydrogen-bond donors (Lipinski definition) is 2. The van der Waals surface area contributed by atoms with Gasteiger partial charge in [0.25, 0.3) is 0 Å². The Bertz CT molecular complexity index is 432. The zero-order chi connectivity index (χ0) is 14.5. The number of aromatic nitrogens is 1. The summed E-state index contributed by atoms with van der Waals surface area (Å²) in [7, 11) is 0. The summed E-state index contributed by atoms with van der Waals surface area (Å²) < 4.78 is 5.87. The lowest BCUT2D eigenvalue weighted by molar-refractivity contribution is 0.0495. The van der Waals surface area contributed by atoms with E-state index in [9.17, 15) is 4.79 Å². The lowest BCUT2D eigenvalue weighted by Gasteiger charge is -2.23. The summed E-state index contributed by atoms with van der Waals surface area (Å²) in [6.07, 6.45) is -0.143. The van der Waals surface area contributed by atoms with Crippen LogP contribution in [0.4, 0.5) is 4.79 Å². The Morgan fingerprint density at radius 2 is 2.21 bits per heavy atom. The number of aliphatic hydroxyl groups excluding tert-OH is 1. The van der Waals surface area contributed by atoms with Crippen molar-refractivity contribution in [1.29, 1.82) is 0 Å². The fourth-order valence-corrected chi connectivity index (χ4v) is 1.85. The van der Waals surface area contributed by atoms with E-state index in [0.717, 1.165) is 0 Å². The number of carbonyl (C=O) groups is 1. The molecule has 0 bridgehead atoms.